The Morgan fingerprint density at radius 1 is 1.39 bits per heavy atom. The minimum absolute atomic E-state index is 0.0909. The third-order valence-electron chi connectivity index (χ3n) is 3.46. The van der Waals surface area contributed by atoms with E-state index in [1.165, 1.54) is 6.08 Å². The molecular weight excluding hydrogens is 298 g/mol. The number of carbonyl (C=O) groups excluding carboxylic acids is 1. The smallest absolute Gasteiger partial charge is 0.306 e. The maximum Gasteiger partial charge on any atom is 0.306 e. The van der Waals surface area contributed by atoms with Crippen molar-refractivity contribution in [3.63, 3.8) is 0 Å². The molecule has 1 aliphatic rings. The Morgan fingerprint density at radius 2 is 2.13 bits per heavy atom. The number of benzene rings is 1. The summed E-state index contributed by atoms with van der Waals surface area (Å²) < 4.78 is 10.7. The minimum Gasteiger partial charge on any atom is -0.494 e. The number of nitrogens with zero attached hydrogens (tertiary/aromatic N) is 1. The van der Waals surface area contributed by atoms with Gasteiger partial charge in [-0.25, -0.2) is 0 Å². The van der Waals surface area contributed by atoms with Gasteiger partial charge in [0.25, 0.3) is 0 Å². The van der Waals surface area contributed by atoms with Gasteiger partial charge < -0.3 is 19.5 Å². The number of carboxylic acid groups (broad SMARTS) is 1. The van der Waals surface area contributed by atoms with Gasteiger partial charge >= 0.3 is 5.97 Å². The van der Waals surface area contributed by atoms with E-state index < -0.39 is 12.1 Å². The van der Waals surface area contributed by atoms with Crippen molar-refractivity contribution in [1.82, 2.24) is 4.90 Å². The molecule has 0 radical (unpaired) electrons. The van der Waals surface area contributed by atoms with Gasteiger partial charge in [-0.15, -0.1) is 0 Å². The van der Waals surface area contributed by atoms with Crippen LogP contribution in [0.1, 0.15) is 18.9 Å². The van der Waals surface area contributed by atoms with Crippen molar-refractivity contribution in [3.8, 4) is 5.75 Å². The van der Waals surface area contributed by atoms with Crippen molar-refractivity contribution in [2.24, 2.45) is 0 Å². The summed E-state index contributed by atoms with van der Waals surface area (Å²) in [5.41, 5.74) is 0.900. The lowest BCUT2D eigenvalue weighted by molar-refractivity contribution is -0.145. The molecule has 1 amide bonds. The number of aliphatic carboxylic acids is 1. The summed E-state index contributed by atoms with van der Waals surface area (Å²) in [5.74, 6) is -0.271. The number of hydrogen-bond acceptors (Lipinski definition) is 4. The molecule has 1 unspecified atom stereocenters. The van der Waals surface area contributed by atoms with Crippen molar-refractivity contribution in [3.05, 3.63) is 35.9 Å². The highest BCUT2D eigenvalue weighted by Crippen LogP contribution is 2.14. The molecule has 0 aliphatic carbocycles. The van der Waals surface area contributed by atoms with E-state index >= 15 is 0 Å². The van der Waals surface area contributed by atoms with Gasteiger partial charge in [0.05, 0.1) is 25.7 Å². The maximum absolute atomic E-state index is 12.2. The van der Waals surface area contributed by atoms with Gasteiger partial charge in [0.2, 0.25) is 5.91 Å². The van der Waals surface area contributed by atoms with Crippen LogP contribution < -0.4 is 4.74 Å². The minimum atomic E-state index is -0.922. The second kappa shape index (κ2) is 8.33. The zero-order valence-electron chi connectivity index (χ0n) is 13.1. The van der Waals surface area contributed by atoms with E-state index in [2.05, 4.69) is 0 Å². The van der Waals surface area contributed by atoms with Crippen LogP contribution >= 0.6 is 0 Å². The van der Waals surface area contributed by atoms with Crippen LogP contribution in [-0.2, 0) is 14.3 Å². The van der Waals surface area contributed by atoms with E-state index in [1.54, 1.807) is 11.0 Å². The molecule has 0 aromatic heterocycles. The number of hydrogen-bond donors (Lipinski definition) is 1. The van der Waals surface area contributed by atoms with E-state index in [4.69, 9.17) is 14.6 Å². The Balaban J connectivity index is 1.91. The fraction of sp³-hybridized carbons (Fsp3) is 0.412. The summed E-state index contributed by atoms with van der Waals surface area (Å²) in [7, 11) is 0. The van der Waals surface area contributed by atoms with Crippen LogP contribution in [0.4, 0.5) is 0 Å². The van der Waals surface area contributed by atoms with E-state index in [9.17, 15) is 9.59 Å². The predicted octanol–water partition coefficient (Wildman–Crippen LogP) is 1.80. The van der Waals surface area contributed by atoms with Crippen molar-refractivity contribution in [2.75, 3.05) is 26.3 Å². The molecule has 1 heterocycles. The maximum atomic E-state index is 12.2. The molecule has 2 rings (SSSR count). The quantitative estimate of drug-likeness (QED) is 0.809. The first-order chi connectivity index (χ1) is 11.1. The Labute approximate surface area is 135 Å². The average molecular weight is 319 g/mol. The molecule has 1 saturated heterocycles. The van der Waals surface area contributed by atoms with E-state index in [0.29, 0.717) is 26.3 Å². The van der Waals surface area contributed by atoms with Crippen molar-refractivity contribution < 1.29 is 24.2 Å². The van der Waals surface area contributed by atoms with E-state index in [0.717, 1.165) is 11.3 Å². The van der Waals surface area contributed by atoms with Crippen LogP contribution in [0.15, 0.2) is 30.3 Å². The largest absolute Gasteiger partial charge is 0.494 e. The van der Waals surface area contributed by atoms with Gasteiger partial charge in [-0.05, 0) is 30.7 Å². The Kier molecular flexibility index (Phi) is 6.17. The normalized spacial score (nSPS) is 18.1. The number of carboxylic acids is 1. The fourth-order valence-corrected chi connectivity index (χ4v) is 2.35. The topological polar surface area (TPSA) is 76.1 Å². The molecule has 1 aliphatic heterocycles. The van der Waals surface area contributed by atoms with Gasteiger partial charge in [-0.2, -0.15) is 0 Å². The van der Waals surface area contributed by atoms with Gasteiger partial charge in [0, 0.05) is 19.2 Å². The first-order valence-electron chi connectivity index (χ1n) is 7.61. The molecule has 1 fully saturated rings. The zero-order chi connectivity index (χ0) is 16.7. The Hall–Kier alpha value is -2.34. The molecule has 1 N–H and O–H groups in total. The molecule has 23 heavy (non-hydrogen) atoms. The summed E-state index contributed by atoms with van der Waals surface area (Å²) in [4.78, 5) is 24.5. The Morgan fingerprint density at radius 3 is 2.78 bits per heavy atom. The summed E-state index contributed by atoms with van der Waals surface area (Å²) in [6.07, 6.45) is 2.70. The third-order valence-corrected chi connectivity index (χ3v) is 3.46. The van der Waals surface area contributed by atoms with Gasteiger partial charge in [-0.1, -0.05) is 12.1 Å². The van der Waals surface area contributed by atoms with Crippen LogP contribution in [-0.4, -0.2) is 54.3 Å². The molecule has 0 spiro atoms. The lowest BCUT2D eigenvalue weighted by atomic mass is 10.2. The van der Waals surface area contributed by atoms with Crippen LogP contribution in [0, 0.1) is 0 Å². The summed E-state index contributed by atoms with van der Waals surface area (Å²) >= 11 is 0. The lowest BCUT2D eigenvalue weighted by Gasteiger charge is -2.31. The monoisotopic (exact) mass is 319 g/mol. The molecule has 1 aromatic rings. The number of amides is 1. The molecule has 0 bridgehead atoms. The van der Waals surface area contributed by atoms with Crippen LogP contribution in [0.25, 0.3) is 6.08 Å². The highest BCUT2D eigenvalue weighted by atomic mass is 16.5. The first kappa shape index (κ1) is 17.0. The Bertz CT molecular complexity index is 567. The van der Waals surface area contributed by atoms with Gasteiger partial charge in [-0.3, -0.25) is 9.59 Å². The lowest BCUT2D eigenvalue weighted by Crippen LogP contribution is -2.45. The molecule has 124 valence electrons. The zero-order valence-corrected chi connectivity index (χ0v) is 13.1. The van der Waals surface area contributed by atoms with Crippen LogP contribution in [0.3, 0.4) is 0 Å². The summed E-state index contributed by atoms with van der Waals surface area (Å²) in [6.45, 7) is 3.68. The number of rotatable bonds is 6. The molecule has 1 atom stereocenters. The number of morpholine rings is 1. The summed E-state index contributed by atoms with van der Waals surface area (Å²) in [6, 6.07) is 7.46. The van der Waals surface area contributed by atoms with Crippen molar-refractivity contribution in [1.29, 1.82) is 0 Å². The summed E-state index contributed by atoms with van der Waals surface area (Å²) in [5, 5.41) is 8.80. The number of ether oxygens (including phenoxy) is 2. The van der Waals surface area contributed by atoms with Crippen LogP contribution in [0.2, 0.25) is 0 Å². The third kappa shape index (κ3) is 5.41. The molecular formula is C17H21NO5. The molecule has 0 saturated carbocycles. The highest BCUT2D eigenvalue weighted by Gasteiger charge is 2.24. The SMILES string of the molecule is CCOc1ccc(C=CC(=O)N2CCOC(CC(=O)O)C2)cc1. The van der Waals surface area contributed by atoms with Gasteiger partial charge in [0.1, 0.15) is 5.75 Å². The predicted molar refractivity (Wildman–Crippen MR) is 85.2 cm³/mol. The molecule has 6 nitrogen and oxygen atoms in total. The second-order valence-corrected chi connectivity index (χ2v) is 5.21. The second-order valence-electron chi connectivity index (χ2n) is 5.21. The fourth-order valence-electron chi connectivity index (χ4n) is 2.35. The standard InChI is InChI=1S/C17H21NO5/c1-2-22-14-6-3-13(4-7-14)5-8-16(19)18-9-10-23-15(12-18)11-17(20)21/h3-8,15H,2,9-12H2,1H3,(H,20,21). The highest BCUT2D eigenvalue weighted by molar-refractivity contribution is 5.91. The first-order valence-corrected chi connectivity index (χ1v) is 7.61. The van der Waals surface area contributed by atoms with Crippen LogP contribution in [0.5, 0.6) is 5.75 Å². The van der Waals surface area contributed by atoms with Crippen molar-refractivity contribution in [2.45, 2.75) is 19.4 Å². The molecule has 6 heteroatoms. The number of carbonyl (C=O) groups is 2. The van der Waals surface area contributed by atoms with E-state index in [-0.39, 0.29) is 12.3 Å². The van der Waals surface area contributed by atoms with Crippen molar-refractivity contribution >= 4 is 18.0 Å². The van der Waals surface area contributed by atoms with Gasteiger partial charge in [0.15, 0.2) is 0 Å². The van der Waals surface area contributed by atoms with E-state index in [1.807, 2.05) is 31.2 Å². The molecule has 1 aromatic carbocycles. The average Bonchev–Trinajstić information content (AvgIpc) is 2.54.